The molecular weight excluding hydrogens is 304 g/mol. The molecule has 2 atom stereocenters. The molecule has 1 aromatic heterocycles. The van der Waals surface area contributed by atoms with Crippen molar-refractivity contribution in [3.8, 4) is 0 Å². The lowest BCUT2D eigenvalue weighted by Gasteiger charge is -2.18. The van der Waals surface area contributed by atoms with Gasteiger partial charge >= 0.3 is 5.97 Å². The number of benzene rings is 1. The van der Waals surface area contributed by atoms with Gasteiger partial charge in [-0.2, -0.15) is 0 Å². The maximum atomic E-state index is 11.0. The molecule has 2 bridgehead atoms. The molecule has 2 aliphatic rings. The number of allylic oxidation sites excluding steroid dienone is 1. The molecule has 0 amide bonds. The number of thiophene rings is 1. The van der Waals surface area contributed by atoms with E-state index < -0.39 is 5.97 Å². The Bertz CT molecular complexity index is 828. The zero-order valence-corrected chi connectivity index (χ0v) is 14.2. The van der Waals surface area contributed by atoms with Crippen molar-refractivity contribution in [2.75, 3.05) is 0 Å². The maximum Gasteiger partial charge on any atom is 0.345 e. The molecule has 2 aliphatic carbocycles. The first-order chi connectivity index (χ1) is 11.0. The van der Waals surface area contributed by atoms with E-state index in [0.717, 1.165) is 16.7 Å². The number of carboxylic acids is 1. The van der Waals surface area contributed by atoms with Crippen LogP contribution < -0.4 is 0 Å². The number of aromatic carboxylic acids is 1. The Kier molecular flexibility index (Phi) is 3.42. The summed E-state index contributed by atoms with van der Waals surface area (Å²) in [4.78, 5) is 12.4. The smallest absolute Gasteiger partial charge is 0.345 e. The third-order valence-electron chi connectivity index (χ3n) is 5.36. The van der Waals surface area contributed by atoms with Gasteiger partial charge in [0.2, 0.25) is 0 Å². The minimum atomic E-state index is -0.850. The highest BCUT2D eigenvalue weighted by Crippen LogP contribution is 2.53. The van der Waals surface area contributed by atoms with E-state index in [9.17, 15) is 4.79 Å². The van der Waals surface area contributed by atoms with Gasteiger partial charge in [0.15, 0.2) is 0 Å². The summed E-state index contributed by atoms with van der Waals surface area (Å²) >= 11 is 1.33. The Balaban J connectivity index is 1.71. The minimum Gasteiger partial charge on any atom is -0.477 e. The molecule has 4 rings (SSSR count). The molecule has 1 fully saturated rings. The highest BCUT2D eigenvalue weighted by Gasteiger charge is 2.37. The fourth-order valence-electron chi connectivity index (χ4n) is 4.26. The minimum absolute atomic E-state index is 0.395. The molecule has 1 aromatic carbocycles. The number of aryl methyl sites for hydroxylation is 1. The standard InChI is InChI=1S/C20H20O2S/c1-11(7-15-5-6-19(23-15)20(21)22)16-10-18-14-4-3-13(9-14)17(18)8-12(16)2/h5-8,10,13-14H,3-4,9H2,1-2H3,(H,21,22)/b11-7+. The van der Waals surface area contributed by atoms with Crippen molar-refractivity contribution in [1.82, 2.24) is 0 Å². The van der Waals surface area contributed by atoms with Gasteiger partial charge in [-0.25, -0.2) is 4.79 Å². The van der Waals surface area contributed by atoms with Crippen LogP contribution in [-0.2, 0) is 0 Å². The van der Waals surface area contributed by atoms with Crippen LogP contribution >= 0.6 is 11.3 Å². The summed E-state index contributed by atoms with van der Waals surface area (Å²) in [6.45, 7) is 4.32. The van der Waals surface area contributed by atoms with Gasteiger partial charge in [0.25, 0.3) is 0 Å². The second kappa shape index (κ2) is 5.34. The van der Waals surface area contributed by atoms with Crippen LogP contribution in [-0.4, -0.2) is 11.1 Å². The first-order valence-corrected chi connectivity index (χ1v) is 9.01. The second-order valence-electron chi connectivity index (χ2n) is 6.84. The molecule has 2 aromatic rings. The number of carboxylic acid groups (broad SMARTS) is 1. The average molecular weight is 324 g/mol. The van der Waals surface area contributed by atoms with Crippen LogP contribution in [0.5, 0.6) is 0 Å². The van der Waals surface area contributed by atoms with Crippen LogP contribution in [0.4, 0.5) is 0 Å². The van der Waals surface area contributed by atoms with E-state index in [1.54, 1.807) is 17.2 Å². The summed E-state index contributed by atoms with van der Waals surface area (Å²) in [5.41, 5.74) is 7.00. The molecule has 1 saturated carbocycles. The Morgan fingerprint density at radius 2 is 1.91 bits per heavy atom. The maximum absolute atomic E-state index is 11.0. The third kappa shape index (κ3) is 2.43. The second-order valence-corrected chi connectivity index (χ2v) is 7.95. The van der Waals surface area contributed by atoms with Gasteiger partial charge in [-0.3, -0.25) is 0 Å². The number of rotatable bonds is 3. The van der Waals surface area contributed by atoms with E-state index in [2.05, 4.69) is 32.1 Å². The Labute approximate surface area is 140 Å². The van der Waals surface area contributed by atoms with Crippen molar-refractivity contribution < 1.29 is 9.90 Å². The fourth-order valence-corrected chi connectivity index (χ4v) is 5.11. The van der Waals surface area contributed by atoms with Gasteiger partial charge in [-0.1, -0.05) is 12.1 Å². The van der Waals surface area contributed by atoms with Gasteiger partial charge < -0.3 is 5.11 Å². The Hall–Kier alpha value is -1.87. The monoisotopic (exact) mass is 324 g/mol. The van der Waals surface area contributed by atoms with E-state index in [-0.39, 0.29) is 0 Å². The molecule has 0 spiro atoms. The number of fused-ring (bicyclic) bond motifs is 5. The normalized spacial score (nSPS) is 22.4. The summed E-state index contributed by atoms with van der Waals surface area (Å²) in [5.74, 6) is 0.710. The van der Waals surface area contributed by atoms with E-state index >= 15 is 0 Å². The number of carbonyl (C=O) groups is 1. The predicted octanol–water partition coefficient (Wildman–Crippen LogP) is 5.68. The molecule has 0 aliphatic heterocycles. The lowest BCUT2D eigenvalue weighted by molar-refractivity contribution is 0.0702. The molecular formula is C20H20O2S. The van der Waals surface area contributed by atoms with Crippen molar-refractivity contribution in [3.63, 3.8) is 0 Å². The van der Waals surface area contributed by atoms with Gasteiger partial charge in [-0.05, 0) is 91.0 Å². The zero-order valence-electron chi connectivity index (χ0n) is 13.4. The largest absolute Gasteiger partial charge is 0.477 e. The van der Waals surface area contributed by atoms with E-state index in [1.165, 1.54) is 47.3 Å². The molecule has 3 heteroatoms. The molecule has 2 unspecified atom stereocenters. The predicted molar refractivity (Wildman–Crippen MR) is 95.3 cm³/mol. The zero-order chi connectivity index (χ0) is 16.1. The molecule has 1 N–H and O–H groups in total. The Morgan fingerprint density at radius 1 is 1.22 bits per heavy atom. The van der Waals surface area contributed by atoms with Gasteiger partial charge in [0.05, 0.1) is 0 Å². The summed E-state index contributed by atoms with van der Waals surface area (Å²) in [5, 5.41) is 9.05. The third-order valence-corrected chi connectivity index (χ3v) is 6.38. The van der Waals surface area contributed by atoms with Crippen molar-refractivity contribution in [3.05, 3.63) is 56.3 Å². The molecule has 0 radical (unpaired) electrons. The first kappa shape index (κ1) is 14.7. The van der Waals surface area contributed by atoms with Crippen LogP contribution in [0, 0.1) is 6.92 Å². The summed E-state index contributed by atoms with van der Waals surface area (Å²) in [6.07, 6.45) is 6.15. The lowest BCUT2D eigenvalue weighted by atomic mass is 9.87. The van der Waals surface area contributed by atoms with E-state index in [1.807, 2.05) is 6.07 Å². The molecule has 2 nitrogen and oxygen atoms in total. The SMILES string of the molecule is C/C(=C\c1ccc(C(=O)O)s1)c1cc2c(cc1C)C1CCC2C1. The lowest BCUT2D eigenvalue weighted by Crippen LogP contribution is -2.00. The van der Waals surface area contributed by atoms with Crippen molar-refractivity contribution in [2.24, 2.45) is 0 Å². The van der Waals surface area contributed by atoms with Crippen LogP contribution in [0.3, 0.4) is 0 Å². The highest BCUT2D eigenvalue weighted by molar-refractivity contribution is 7.14. The quantitative estimate of drug-likeness (QED) is 0.788. The van der Waals surface area contributed by atoms with Crippen molar-refractivity contribution in [2.45, 2.75) is 44.9 Å². The molecule has 23 heavy (non-hydrogen) atoms. The van der Waals surface area contributed by atoms with Crippen molar-refractivity contribution >= 4 is 29.0 Å². The summed E-state index contributed by atoms with van der Waals surface area (Å²) in [7, 11) is 0. The van der Waals surface area contributed by atoms with Crippen LogP contribution in [0.25, 0.3) is 11.6 Å². The fraction of sp³-hybridized carbons (Fsp3) is 0.350. The molecule has 0 saturated heterocycles. The first-order valence-electron chi connectivity index (χ1n) is 8.19. The molecule has 1 heterocycles. The van der Waals surface area contributed by atoms with Crippen LogP contribution in [0.15, 0.2) is 24.3 Å². The van der Waals surface area contributed by atoms with E-state index in [4.69, 9.17) is 5.11 Å². The summed E-state index contributed by atoms with van der Waals surface area (Å²) in [6, 6.07) is 8.36. The van der Waals surface area contributed by atoms with Crippen LogP contribution in [0.2, 0.25) is 0 Å². The van der Waals surface area contributed by atoms with Gasteiger partial charge in [0.1, 0.15) is 4.88 Å². The average Bonchev–Trinajstić information content (AvgIpc) is 3.21. The molecule has 118 valence electrons. The van der Waals surface area contributed by atoms with Gasteiger partial charge in [0, 0.05) is 4.88 Å². The van der Waals surface area contributed by atoms with Gasteiger partial charge in [-0.15, -0.1) is 11.3 Å². The summed E-state index contributed by atoms with van der Waals surface area (Å²) < 4.78 is 0. The van der Waals surface area contributed by atoms with E-state index in [0.29, 0.717) is 4.88 Å². The number of hydrogen-bond donors (Lipinski definition) is 1. The van der Waals surface area contributed by atoms with Crippen LogP contribution in [0.1, 0.15) is 74.8 Å². The topological polar surface area (TPSA) is 37.3 Å². The highest BCUT2D eigenvalue weighted by atomic mass is 32.1. The Morgan fingerprint density at radius 3 is 2.57 bits per heavy atom. The van der Waals surface area contributed by atoms with Crippen molar-refractivity contribution in [1.29, 1.82) is 0 Å². The number of hydrogen-bond acceptors (Lipinski definition) is 2.